The molecule has 0 saturated carbocycles. The average molecular weight is 894 g/mol. The van der Waals surface area contributed by atoms with Crippen LogP contribution in [0, 0.1) is 0 Å². The smallest absolute Gasteiger partial charge is 0.00230 e. The van der Waals surface area contributed by atoms with Gasteiger partial charge in [-0.2, -0.15) is 50.5 Å². The number of rotatable bonds is 50. The lowest BCUT2D eigenvalue weighted by atomic mass is 10.0. The summed E-state index contributed by atoms with van der Waals surface area (Å²) in [6, 6.07) is 0. The van der Waals surface area contributed by atoms with E-state index in [1.165, 1.54) is 281 Å². The highest BCUT2D eigenvalue weighted by atomic mass is 32.2. The molecule has 56 heavy (non-hydrogen) atoms. The van der Waals surface area contributed by atoms with Gasteiger partial charge in [0.15, 0.2) is 0 Å². The highest BCUT2D eigenvalue weighted by Gasteiger charge is 2.10. The van der Waals surface area contributed by atoms with Crippen LogP contribution in [-0.4, -0.2) is 34.5 Å². The third-order valence-corrected chi connectivity index (χ3v) is 15.6. The third kappa shape index (κ3) is 46.9. The quantitative estimate of drug-likeness (QED) is 0.0355. The maximum Gasteiger partial charge on any atom is -0.00230 e. The van der Waals surface area contributed by atoms with Crippen LogP contribution in [0.5, 0.6) is 0 Å². The van der Waals surface area contributed by atoms with Crippen LogP contribution in [0.2, 0.25) is 0 Å². The van der Waals surface area contributed by atoms with Gasteiger partial charge in [0.2, 0.25) is 0 Å². The molecule has 0 rings (SSSR count). The first kappa shape index (κ1) is 57.8. The van der Waals surface area contributed by atoms with Crippen LogP contribution in [0.25, 0.3) is 0 Å². The van der Waals surface area contributed by atoms with Crippen LogP contribution in [0.15, 0.2) is 9.81 Å². The fraction of sp³-hybridized carbons (Fsp3) is 0.960. The standard InChI is InChI=1S/C50H100S6/c51-43-35-27-19-11-3-1-9-17-25-33-41-49(55-47-39-31-23-15-7-5-13-21-29-37-45-53)50(42-34-26-18-10-2-4-12-20-28-36-44-52)56-48-40-32-24-16-8-6-14-22-30-38-46-54/h51-54H,1-48H2. The van der Waals surface area contributed by atoms with Crippen molar-refractivity contribution in [2.75, 3.05) is 34.5 Å². The van der Waals surface area contributed by atoms with Crippen LogP contribution in [0.1, 0.15) is 270 Å². The van der Waals surface area contributed by atoms with E-state index in [-0.39, 0.29) is 0 Å². The largest absolute Gasteiger partial charge is 0.179 e. The van der Waals surface area contributed by atoms with Gasteiger partial charge in [0.25, 0.3) is 0 Å². The molecule has 0 unspecified atom stereocenters. The van der Waals surface area contributed by atoms with Gasteiger partial charge >= 0.3 is 0 Å². The van der Waals surface area contributed by atoms with Gasteiger partial charge < -0.3 is 0 Å². The molecule has 0 nitrogen and oxygen atoms in total. The Kier molecular flexibility index (Phi) is 54.7. The zero-order valence-corrected chi connectivity index (χ0v) is 42.8. The van der Waals surface area contributed by atoms with Crippen molar-refractivity contribution in [1.29, 1.82) is 0 Å². The van der Waals surface area contributed by atoms with Gasteiger partial charge in [-0.05, 0) is 109 Å². The highest BCUT2D eigenvalue weighted by Crippen LogP contribution is 2.37. The first-order chi connectivity index (χ1) is 27.8. The first-order valence-corrected chi connectivity index (χ1v) is 29.7. The normalized spacial score (nSPS) is 12.2. The van der Waals surface area contributed by atoms with Crippen LogP contribution >= 0.6 is 74.0 Å². The number of hydrogen-bond acceptors (Lipinski definition) is 6. The third-order valence-electron chi connectivity index (χ3n) is 11.6. The van der Waals surface area contributed by atoms with Crippen molar-refractivity contribution in [3.63, 3.8) is 0 Å². The molecule has 0 fully saturated rings. The van der Waals surface area contributed by atoms with E-state index < -0.39 is 0 Å². The Labute approximate surface area is 385 Å². The number of hydrogen-bond donors (Lipinski definition) is 4. The zero-order chi connectivity index (χ0) is 40.5. The van der Waals surface area contributed by atoms with E-state index in [9.17, 15) is 0 Å². The molecule has 0 aliphatic carbocycles. The van der Waals surface area contributed by atoms with Gasteiger partial charge in [0, 0.05) is 0 Å². The van der Waals surface area contributed by atoms with E-state index in [2.05, 4.69) is 74.0 Å². The monoisotopic (exact) mass is 893 g/mol. The van der Waals surface area contributed by atoms with Gasteiger partial charge in [0.05, 0.1) is 0 Å². The summed E-state index contributed by atoms with van der Waals surface area (Å²) in [5.41, 5.74) is 0. The average Bonchev–Trinajstić information content (AvgIpc) is 3.21. The maximum absolute atomic E-state index is 4.37. The molecule has 0 aromatic rings. The van der Waals surface area contributed by atoms with E-state index in [0.717, 1.165) is 23.0 Å². The van der Waals surface area contributed by atoms with Crippen molar-refractivity contribution in [3.05, 3.63) is 9.81 Å². The minimum atomic E-state index is 1.06. The summed E-state index contributed by atoms with van der Waals surface area (Å²) in [6.45, 7) is 0. The lowest BCUT2D eigenvalue weighted by Gasteiger charge is -2.16. The van der Waals surface area contributed by atoms with Crippen molar-refractivity contribution >= 4 is 74.0 Å². The molecule has 6 heteroatoms. The number of thioether (sulfide) groups is 2. The second-order valence-electron chi connectivity index (χ2n) is 17.1. The Bertz CT molecular complexity index is 683. The summed E-state index contributed by atoms with van der Waals surface area (Å²) in [6.07, 6.45) is 59.3. The topological polar surface area (TPSA) is 0 Å². The van der Waals surface area contributed by atoms with Crippen LogP contribution in [-0.2, 0) is 0 Å². The number of unbranched alkanes of at least 4 members (excludes halogenated alkanes) is 36. The Balaban J connectivity index is 4.96. The molecule has 0 atom stereocenters. The lowest BCUT2D eigenvalue weighted by Crippen LogP contribution is -1.94. The first-order valence-electron chi connectivity index (χ1n) is 25.2. The molecule has 0 aromatic carbocycles. The second-order valence-corrected chi connectivity index (χ2v) is 21.2. The summed E-state index contributed by atoms with van der Waals surface area (Å²) < 4.78 is 0. The molecule has 0 heterocycles. The van der Waals surface area contributed by atoms with Crippen molar-refractivity contribution in [2.45, 2.75) is 270 Å². The molecule has 0 saturated heterocycles. The second kappa shape index (κ2) is 53.0. The van der Waals surface area contributed by atoms with Crippen molar-refractivity contribution in [1.82, 2.24) is 0 Å². The minimum absolute atomic E-state index is 1.06. The lowest BCUT2D eigenvalue weighted by molar-refractivity contribution is 0.556. The Morgan fingerprint density at radius 3 is 0.554 bits per heavy atom. The summed E-state index contributed by atoms with van der Waals surface area (Å²) in [5.74, 6) is 6.92. The van der Waals surface area contributed by atoms with Gasteiger partial charge in [-0.1, -0.05) is 205 Å². The summed E-state index contributed by atoms with van der Waals surface area (Å²) >= 11 is 22.1. The van der Waals surface area contributed by atoms with E-state index >= 15 is 0 Å². The van der Waals surface area contributed by atoms with Crippen molar-refractivity contribution < 1.29 is 0 Å². The molecule has 336 valence electrons. The maximum atomic E-state index is 4.37. The molecule has 0 N–H and O–H groups in total. The highest BCUT2D eigenvalue weighted by molar-refractivity contribution is 8.06. The fourth-order valence-electron chi connectivity index (χ4n) is 7.85. The van der Waals surface area contributed by atoms with Crippen LogP contribution < -0.4 is 0 Å². The van der Waals surface area contributed by atoms with E-state index in [0.29, 0.717) is 0 Å². The molecule has 0 bridgehead atoms. The molecule has 0 aliphatic rings. The van der Waals surface area contributed by atoms with Gasteiger partial charge in [-0.25, -0.2) is 0 Å². The fourth-order valence-corrected chi connectivity index (χ4v) is 11.4. The predicted molar refractivity (Wildman–Crippen MR) is 281 cm³/mol. The number of allylic oxidation sites excluding steroid dienone is 2. The van der Waals surface area contributed by atoms with E-state index in [4.69, 9.17) is 0 Å². The molecule has 0 spiro atoms. The summed E-state index contributed by atoms with van der Waals surface area (Å²) in [5, 5.41) is 0. The van der Waals surface area contributed by atoms with Gasteiger partial charge in [-0.15, -0.1) is 23.5 Å². The SMILES string of the molecule is SCCCCCCCCCCCCSC(CCCCCCCCCCCCS)=C(CCCCCCCCCCCCS)SCCCCCCCCCCCCS. The van der Waals surface area contributed by atoms with Crippen LogP contribution in [0.4, 0.5) is 0 Å². The Morgan fingerprint density at radius 2 is 0.357 bits per heavy atom. The predicted octanol–water partition coefficient (Wildman–Crippen LogP) is 19.8. The molecule has 0 amide bonds. The number of thiol groups is 4. The zero-order valence-electron chi connectivity index (χ0n) is 37.5. The minimum Gasteiger partial charge on any atom is -0.179 e. The molecular formula is C50H100S6. The van der Waals surface area contributed by atoms with Crippen LogP contribution in [0.3, 0.4) is 0 Å². The molecule has 0 aromatic heterocycles. The molecular weight excluding hydrogens is 793 g/mol. The van der Waals surface area contributed by atoms with Crippen molar-refractivity contribution in [3.8, 4) is 0 Å². The van der Waals surface area contributed by atoms with Gasteiger partial charge in [-0.3, -0.25) is 0 Å². The Hall–Kier alpha value is 1.84. The van der Waals surface area contributed by atoms with E-state index in [1.807, 2.05) is 9.81 Å². The summed E-state index contributed by atoms with van der Waals surface area (Å²) in [4.78, 5) is 3.64. The molecule has 0 radical (unpaired) electrons. The van der Waals surface area contributed by atoms with E-state index in [1.54, 1.807) is 0 Å². The molecule has 0 aliphatic heterocycles. The van der Waals surface area contributed by atoms with Crippen molar-refractivity contribution in [2.24, 2.45) is 0 Å². The Morgan fingerprint density at radius 1 is 0.196 bits per heavy atom. The van der Waals surface area contributed by atoms with Gasteiger partial charge in [0.1, 0.15) is 0 Å². The summed E-state index contributed by atoms with van der Waals surface area (Å²) in [7, 11) is 0.